The topological polar surface area (TPSA) is 52.7 Å². The van der Waals surface area contributed by atoms with Crippen LogP contribution in [0.1, 0.15) is 42.9 Å². The lowest BCUT2D eigenvalue weighted by molar-refractivity contribution is -0.133. The number of aryl methyl sites for hydroxylation is 1. The highest BCUT2D eigenvalue weighted by molar-refractivity contribution is 6.07. The molecule has 0 bridgehead atoms. The number of amides is 3. The van der Waals surface area contributed by atoms with Crippen LogP contribution in [0.4, 0.5) is 9.18 Å². The maximum Gasteiger partial charge on any atom is 0.326 e. The molecule has 0 spiro atoms. The standard InChI is InChI=1S/C23H26FN3O2/c1-3-23(18-8-4-16(2)5-9-18)21(28)27(22(29)25-23)15-26(20-12-13-20)14-17-6-10-19(24)11-7-17/h4-11,20H,3,12-15H2,1-2H3,(H,25,29)/t23-/m1/s1. The molecule has 1 atom stereocenters. The lowest BCUT2D eigenvalue weighted by atomic mass is 9.87. The number of imide groups is 1. The van der Waals surface area contributed by atoms with Crippen molar-refractivity contribution >= 4 is 11.9 Å². The lowest BCUT2D eigenvalue weighted by Crippen LogP contribution is -2.45. The zero-order chi connectivity index (χ0) is 20.6. The van der Waals surface area contributed by atoms with Gasteiger partial charge in [-0.25, -0.2) is 14.1 Å². The van der Waals surface area contributed by atoms with Crippen LogP contribution in [0.25, 0.3) is 0 Å². The van der Waals surface area contributed by atoms with Gasteiger partial charge in [0.1, 0.15) is 11.4 Å². The minimum atomic E-state index is -1.02. The van der Waals surface area contributed by atoms with Gasteiger partial charge in [-0.05, 0) is 49.4 Å². The molecule has 1 saturated carbocycles. The summed E-state index contributed by atoms with van der Waals surface area (Å²) in [5, 5.41) is 2.95. The third-order valence-corrected chi connectivity index (χ3v) is 5.94. The molecule has 3 amide bonds. The van der Waals surface area contributed by atoms with Gasteiger partial charge in [-0.15, -0.1) is 0 Å². The average Bonchev–Trinajstić information content (AvgIpc) is 3.53. The molecular formula is C23H26FN3O2. The molecule has 0 aromatic heterocycles. The first kappa shape index (κ1) is 19.6. The number of urea groups is 1. The highest BCUT2D eigenvalue weighted by atomic mass is 19.1. The average molecular weight is 395 g/mol. The highest BCUT2D eigenvalue weighted by Gasteiger charge is 2.52. The second kappa shape index (κ2) is 7.59. The summed E-state index contributed by atoms with van der Waals surface area (Å²) in [4.78, 5) is 29.6. The molecule has 1 heterocycles. The maximum atomic E-state index is 13.4. The number of benzene rings is 2. The normalized spacial score (nSPS) is 21.7. The maximum absolute atomic E-state index is 13.4. The number of carbonyl (C=O) groups excluding carboxylic acids is 2. The largest absolute Gasteiger partial charge is 0.326 e. The second-order valence-electron chi connectivity index (χ2n) is 8.03. The fourth-order valence-electron chi connectivity index (χ4n) is 3.97. The summed E-state index contributed by atoms with van der Waals surface area (Å²) < 4.78 is 13.2. The Labute approximate surface area is 170 Å². The first-order valence-electron chi connectivity index (χ1n) is 10.1. The quantitative estimate of drug-likeness (QED) is 0.723. The molecule has 0 unspecified atom stereocenters. The van der Waals surface area contributed by atoms with E-state index in [0.717, 1.165) is 29.5 Å². The van der Waals surface area contributed by atoms with E-state index >= 15 is 0 Å². The Balaban J connectivity index is 1.55. The molecule has 29 heavy (non-hydrogen) atoms. The molecule has 2 aromatic rings. The van der Waals surface area contributed by atoms with Crippen molar-refractivity contribution in [2.45, 2.75) is 51.2 Å². The van der Waals surface area contributed by atoms with Crippen LogP contribution in [0, 0.1) is 12.7 Å². The summed E-state index contributed by atoms with van der Waals surface area (Å²) in [6.07, 6.45) is 2.57. The molecular weight excluding hydrogens is 369 g/mol. The lowest BCUT2D eigenvalue weighted by Gasteiger charge is -2.28. The molecule has 1 aliphatic carbocycles. The molecule has 2 fully saturated rings. The Hall–Kier alpha value is -2.73. The highest BCUT2D eigenvalue weighted by Crippen LogP contribution is 2.34. The van der Waals surface area contributed by atoms with E-state index in [2.05, 4.69) is 10.2 Å². The molecule has 1 N–H and O–H groups in total. The fourth-order valence-corrected chi connectivity index (χ4v) is 3.97. The Bertz CT molecular complexity index is 909. The third-order valence-electron chi connectivity index (χ3n) is 5.94. The van der Waals surface area contributed by atoms with Crippen LogP contribution >= 0.6 is 0 Å². The molecule has 5 nitrogen and oxygen atoms in total. The van der Waals surface area contributed by atoms with Gasteiger partial charge < -0.3 is 5.32 Å². The van der Waals surface area contributed by atoms with Crippen molar-refractivity contribution in [2.75, 3.05) is 6.67 Å². The number of halogens is 1. The first-order valence-corrected chi connectivity index (χ1v) is 10.1. The summed E-state index contributed by atoms with van der Waals surface area (Å²) >= 11 is 0. The molecule has 1 saturated heterocycles. The van der Waals surface area contributed by atoms with Crippen molar-refractivity contribution in [1.82, 2.24) is 15.1 Å². The van der Waals surface area contributed by atoms with E-state index in [1.807, 2.05) is 38.1 Å². The van der Waals surface area contributed by atoms with Gasteiger partial charge in [0.2, 0.25) is 0 Å². The molecule has 4 rings (SSSR count). The number of hydrogen-bond donors (Lipinski definition) is 1. The predicted octanol–water partition coefficient (Wildman–Crippen LogP) is 3.91. The summed E-state index contributed by atoms with van der Waals surface area (Å²) in [6, 6.07) is 14.1. The number of hydrogen-bond acceptors (Lipinski definition) is 3. The molecule has 0 radical (unpaired) electrons. The van der Waals surface area contributed by atoms with Crippen molar-refractivity contribution in [1.29, 1.82) is 0 Å². The first-order chi connectivity index (χ1) is 13.9. The van der Waals surface area contributed by atoms with Gasteiger partial charge in [0, 0.05) is 12.6 Å². The Kier molecular flexibility index (Phi) is 5.13. The van der Waals surface area contributed by atoms with Crippen LogP contribution in [0.2, 0.25) is 0 Å². The van der Waals surface area contributed by atoms with Crippen molar-refractivity contribution in [3.63, 3.8) is 0 Å². The molecule has 2 aromatic carbocycles. The molecule has 2 aliphatic rings. The van der Waals surface area contributed by atoms with E-state index in [0.29, 0.717) is 19.0 Å². The third kappa shape index (κ3) is 3.77. The van der Waals surface area contributed by atoms with E-state index in [1.54, 1.807) is 12.1 Å². The van der Waals surface area contributed by atoms with Gasteiger partial charge in [-0.1, -0.05) is 48.9 Å². The van der Waals surface area contributed by atoms with Crippen LogP contribution in [0.15, 0.2) is 48.5 Å². The monoisotopic (exact) mass is 395 g/mol. The number of carbonyl (C=O) groups is 2. The van der Waals surface area contributed by atoms with Crippen molar-refractivity contribution in [3.05, 3.63) is 71.0 Å². The van der Waals surface area contributed by atoms with E-state index in [4.69, 9.17) is 0 Å². The minimum absolute atomic E-state index is 0.210. The van der Waals surface area contributed by atoms with Crippen LogP contribution < -0.4 is 5.32 Å². The van der Waals surface area contributed by atoms with Gasteiger partial charge in [0.15, 0.2) is 0 Å². The molecule has 152 valence electrons. The number of nitrogens with zero attached hydrogens (tertiary/aromatic N) is 2. The van der Waals surface area contributed by atoms with E-state index in [9.17, 15) is 14.0 Å². The second-order valence-corrected chi connectivity index (χ2v) is 8.03. The van der Waals surface area contributed by atoms with Crippen LogP contribution in [0.5, 0.6) is 0 Å². The Morgan fingerprint density at radius 3 is 2.34 bits per heavy atom. The van der Waals surface area contributed by atoms with Gasteiger partial charge in [-0.2, -0.15) is 0 Å². The van der Waals surface area contributed by atoms with Gasteiger partial charge in [0.05, 0.1) is 6.67 Å². The molecule has 1 aliphatic heterocycles. The van der Waals surface area contributed by atoms with Crippen molar-refractivity contribution in [2.24, 2.45) is 0 Å². The van der Waals surface area contributed by atoms with Crippen LogP contribution in [0.3, 0.4) is 0 Å². The summed E-state index contributed by atoms with van der Waals surface area (Å²) in [5.41, 5.74) is 1.86. The smallest absolute Gasteiger partial charge is 0.319 e. The summed E-state index contributed by atoms with van der Waals surface area (Å²) in [6.45, 7) is 4.72. The number of rotatable bonds is 7. The van der Waals surface area contributed by atoms with Crippen LogP contribution in [-0.4, -0.2) is 34.4 Å². The van der Waals surface area contributed by atoms with E-state index in [1.165, 1.54) is 17.0 Å². The fraction of sp³-hybridized carbons (Fsp3) is 0.391. The van der Waals surface area contributed by atoms with Gasteiger partial charge in [-0.3, -0.25) is 9.69 Å². The van der Waals surface area contributed by atoms with Gasteiger partial charge >= 0.3 is 6.03 Å². The summed E-state index contributed by atoms with van der Waals surface area (Å²) in [5.74, 6) is -0.481. The molecule has 6 heteroatoms. The SMILES string of the molecule is CC[C@]1(c2ccc(C)cc2)NC(=O)N(CN(Cc2ccc(F)cc2)C2CC2)C1=O. The van der Waals surface area contributed by atoms with E-state index in [-0.39, 0.29) is 24.4 Å². The Morgan fingerprint density at radius 2 is 1.76 bits per heavy atom. The minimum Gasteiger partial charge on any atom is -0.319 e. The zero-order valence-corrected chi connectivity index (χ0v) is 16.8. The van der Waals surface area contributed by atoms with Crippen LogP contribution in [-0.2, 0) is 16.9 Å². The van der Waals surface area contributed by atoms with Crippen molar-refractivity contribution < 1.29 is 14.0 Å². The van der Waals surface area contributed by atoms with Crippen molar-refractivity contribution in [3.8, 4) is 0 Å². The summed E-state index contributed by atoms with van der Waals surface area (Å²) in [7, 11) is 0. The van der Waals surface area contributed by atoms with E-state index < -0.39 is 5.54 Å². The Morgan fingerprint density at radius 1 is 1.10 bits per heavy atom. The predicted molar refractivity (Wildman–Crippen MR) is 108 cm³/mol. The number of nitrogens with one attached hydrogen (secondary N) is 1. The van der Waals surface area contributed by atoms with Gasteiger partial charge in [0.25, 0.3) is 5.91 Å². The zero-order valence-electron chi connectivity index (χ0n) is 16.8.